The Morgan fingerprint density at radius 1 is 1.21 bits per heavy atom. The van der Waals surface area contributed by atoms with Gasteiger partial charge in [0.2, 0.25) is 0 Å². The second-order valence-corrected chi connectivity index (χ2v) is 6.85. The summed E-state index contributed by atoms with van der Waals surface area (Å²) in [7, 11) is 0. The van der Waals surface area contributed by atoms with Crippen LogP contribution < -0.4 is 5.32 Å². The van der Waals surface area contributed by atoms with Gasteiger partial charge in [0.15, 0.2) is 0 Å². The Morgan fingerprint density at radius 3 is 2.58 bits per heavy atom. The minimum atomic E-state index is 0.383. The van der Waals surface area contributed by atoms with Gasteiger partial charge in [-0.1, -0.05) is 24.3 Å². The predicted octanol–water partition coefficient (Wildman–Crippen LogP) is 5.10. The topological polar surface area (TPSA) is 12.0 Å². The van der Waals surface area contributed by atoms with Crippen LogP contribution in [0.25, 0.3) is 0 Å². The Morgan fingerprint density at radius 2 is 1.95 bits per heavy atom. The molecule has 0 aliphatic rings. The van der Waals surface area contributed by atoms with Crippen LogP contribution in [0.1, 0.15) is 35.9 Å². The maximum Gasteiger partial charge on any atom is 0.0399 e. The molecule has 1 aromatic heterocycles. The number of halogens is 1. The van der Waals surface area contributed by atoms with Gasteiger partial charge >= 0.3 is 0 Å². The van der Waals surface area contributed by atoms with E-state index in [1.165, 1.54) is 20.5 Å². The number of nitrogens with one attached hydrogen (secondary N) is 1. The normalized spacial score (nSPS) is 14.3. The quantitative estimate of drug-likeness (QED) is 0.800. The molecule has 0 aliphatic carbocycles. The Kier molecular flexibility index (Phi) is 5.20. The van der Waals surface area contributed by atoms with Crippen LogP contribution in [0, 0.1) is 6.92 Å². The van der Waals surface area contributed by atoms with Gasteiger partial charge in [0, 0.05) is 21.4 Å². The van der Waals surface area contributed by atoms with Crippen LogP contribution in [0.3, 0.4) is 0 Å². The summed E-state index contributed by atoms with van der Waals surface area (Å²) in [4.78, 5) is 1.37. The first-order valence-corrected chi connectivity index (χ1v) is 8.28. The predicted molar refractivity (Wildman–Crippen MR) is 87.9 cm³/mol. The number of hydrogen-bond donors (Lipinski definition) is 1. The second-order valence-electron chi connectivity index (χ2n) is 5.05. The van der Waals surface area contributed by atoms with Crippen LogP contribution >= 0.6 is 27.3 Å². The first-order valence-electron chi connectivity index (χ1n) is 6.61. The van der Waals surface area contributed by atoms with E-state index in [4.69, 9.17) is 0 Å². The second kappa shape index (κ2) is 6.69. The van der Waals surface area contributed by atoms with E-state index in [0.29, 0.717) is 12.1 Å². The van der Waals surface area contributed by atoms with Gasteiger partial charge in [0.05, 0.1) is 0 Å². The third-order valence-corrected chi connectivity index (χ3v) is 5.41. The molecule has 19 heavy (non-hydrogen) atoms. The summed E-state index contributed by atoms with van der Waals surface area (Å²) < 4.78 is 1.21. The zero-order valence-corrected chi connectivity index (χ0v) is 14.0. The SMILES string of the molecule is Cc1ccccc1CC(C)NC(C)c1sccc1Br. The minimum Gasteiger partial charge on any atom is -0.307 e. The molecule has 0 saturated heterocycles. The molecule has 0 radical (unpaired) electrons. The van der Waals surface area contributed by atoms with Gasteiger partial charge in [-0.15, -0.1) is 11.3 Å². The Balaban J connectivity index is 1.97. The number of thiophene rings is 1. The van der Waals surface area contributed by atoms with E-state index in [2.05, 4.69) is 77.7 Å². The Labute approximate surface area is 128 Å². The summed E-state index contributed by atoms with van der Waals surface area (Å²) in [6.07, 6.45) is 1.07. The van der Waals surface area contributed by atoms with Crippen molar-refractivity contribution in [3.05, 3.63) is 56.2 Å². The van der Waals surface area contributed by atoms with Gasteiger partial charge in [-0.05, 0) is 65.7 Å². The molecule has 2 rings (SSSR count). The van der Waals surface area contributed by atoms with Crippen molar-refractivity contribution in [1.29, 1.82) is 0 Å². The van der Waals surface area contributed by atoms with Crippen molar-refractivity contribution in [3.63, 3.8) is 0 Å². The number of aryl methyl sites for hydroxylation is 1. The first kappa shape index (κ1) is 14.8. The van der Waals surface area contributed by atoms with Crippen LogP contribution in [0.5, 0.6) is 0 Å². The molecule has 0 amide bonds. The van der Waals surface area contributed by atoms with Crippen molar-refractivity contribution < 1.29 is 0 Å². The molecule has 0 fully saturated rings. The molecule has 1 heterocycles. The maximum absolute atomic E-state index is 3.68. The van der Waals surface area contributed by atoms with Crippen LogP contribution in [0.2, 0.25) is 0 Å². The third-order valence-electron chi connectivity index (χ3n) is 3.36. The molecule has 2 aromatic rings. The lowest BCUT2D eigenvalue weighted by molar-refractivity contribution is 0.480. The van der Waals surface area contributed by atoms with E-state index in [9.17, 15) is 0 Å². The van der Waals surface area contributed by atoms with Crippen LogP contribution in [0.15, 0.2) is 40.2 Å². The summed E-state index contributed by atoms with van der Waals surface area (Å²) in [6.45, 7) is 6.66. The highest BCUT2D eigenvalue weighted by molar-refractivity contribution is 9.10. The van der Waals surface area contributed by atoms with Gasteiger partial charge in [-0.2, -0.15) is 0 Å². The molecule has 0 spiro atoms. The van der Waals surface area contributed by atoms with Gasteiger partial charge in [-0.25, -0.2) is 0 Å². The van der Waals surface area contributed by atoms with Crippen molar-refractivity contribution in [3.8, 4) is 0 Å². The Hall–Kier alpha value is -0.640. The van der Waals surface area contributed by atoms with Gasteiger partial charge in [-0.3, -0.25) is 0 Å². The molecule has 3 heteroatoms. The molecule has 2 unspecified atom stereocenters. The molecule has 1 N–H and O–H groups in total. The molecule has 0 bridgehead atoms. The zero-order valence-electron chi connectivity index (χ0n) is 11.6. The number of hydrogen-bond acceptors (Lipinski definition) is 2. The standard InChI is InChI=1S/C16H20BrNS/c1-11-6-4-5-7-14(11)10-12(2)18-13(3)16-15(17)8-9-19-16/h4-9,12-13,18H,10H2,1-3H3. The highest BCUT2D eigenvalue weighted by Gasteiger charge is 2.14. The van der Waals surface area contributed by atoms with Crippen molar-refractivity contribution in [1.82, 2.24) is 5.32 Å². The molecule has 0 saturated carbocycles. The van der Waals surface area contributed by atoms with E-state index in [0.717, 1.165) is 6.42 Å². The summed E-state index contributed by atoms with van der Waals surface area (Å²) >= 11 is 5.41. The lowest BCUT2D eigenvalue weighted by Gasteiger charge is -2.20. The van der Waals surface area contributed by atoms with E-state index < -0.39 is 0 Å². The molecule has 0 aliphatic heterocycles. The lowest BCUT2D eigenvalue weighted by Crippen LogP contribution is -2.30. The summed E-state index contributed by atoms with van der Waals surface area (Å²) in [5.41, 5.74) is 2.81. The van der Waals surface area contributed by atoms with E-state index >= 15 is 0 Å². The molecular weight excluding hydrogens is 318 g/mol. The average Bonchev–Trinajstić information content (AvgIpc) is 2.78. The molecular formula is C16H20BrNS. The third kappa shape index (κ3) is 3.91. The summed E-state index contributed by atoms with van der Waals surface area (Å²) in [6, 6.07) is 11.6. The zero-order chi connectivity index (χ0) is 13.8. The highest BCUT2D eigenvalue weighted by atomic mass is 79.9. The number of benzene rings is 1. The smallest absolute Gasteiger partial charge is 0.0399 e. The van der Waals surface area contributed by atoms with Crippen LogP contribution in [-0.4, -0.2) is 6.04 Å². The molecule has 1 nitrogen and oxygen atoms in total. The van der Waals surface area contributed by atoms with E-state index in [1.807, 2.05) is 0 Å². The van der Waals surface area contributed by atoms with Gasteiger partial charge in [0.25, 0.3) is 0 Å². The fraction of sp³-hybridized carbons (Fsp3) is 0.375. The van der Waals surface area contributed by atoms with Crippen molar-refractivity contribution in [2.24, 2.45) is 0 Å². The fourth-order valence-electron chi connectivity index (χ4n) is 2.34. The first-order chi connectivity index (χ1) is 9.08. The highest BCUT2D eigenvalue weighted by Crippen LogP contribution is 2.29. The van der Waals surface area contributed by atoms with Crippen molar-refractivity contribution >= 4 is 27.3 Å². The number of rotatable bonds is 5. The van der Waals surface area contributed by atoms with Crippen LogP contribution in [0.4, 0.5) is 0 Å². The maximum atomic E-state index is 3.68. The molecule has 2 atom stereocenters. The lowest BCUT2D eigenvalue weighted by atomic mass is 10.0. The van der Waals surface area contributed by atoms with Gasteiger partial charge < -0.3 is 5.32 Å². The van der Waals surface area contributed by atoms with E-state index in [-0.39, 0.29) is 0 Å². The largest absolute Gasteiger partial charge is 0.307 e. The molecule has 1 aromatic carbocycles. The summed E-state index contributed by atoms with van der Waals surface area (Å²) in [5, 5.41) is 5.81. The minimum absolute atomic E-state index is 0.383. The monoisotopic (exact) mass is 337 g/mol. The van der Waals surface area contributed by atoms with E-state index in [1.54, 1.807) is 11.3 Å². The van der Waals surface area contributed by atoms with Crippen molar-refractivity contribution in [2.75, 3.05) is 0 Å². The van der Waals surface area contributed by atoms with Crippen LogP contribution in [-0.2, 0) is 6.42 Å². The molecule has 102 valence electrons. The van der Waals surface area contributed by atoms with Crippen molar-refractivity contribution in [2.45, 2.75) is 39.3 Å². The summed E-state index contributed by atoms with van der Waals surface area (Å²) in [5.74, 6) is 0. The van der Waals surface area contributed by atoms with Gasteiger partial charge in [0.1, 0.15) is 0 Å². The average molecular weight is 338 g/mol. The Bertz CT molecular complexity index is 535. The fourth-order valence-corrected chi connectivity index (χ4v) is 4.08.